The van der Waals surface area contributed by atoms with Gasteiger partial charge in [-0.1, -0.05) is 48.3 Å². The first-order valence-electron chi connectivity index (χ1n) is 11.3. The summed E-state index contributed by atoms with van der Waals surface area (Å²) in [4.78, 5) is 29.0. The van der Waals surface area contributed by atoms with Crippen molar-refractivity contribution in [1.29, 1.82) is 0 Å². The third-order valence-corrected chi connectivity index (χ3v) is 7.15. The fourth-order valence-electron chi connectivity index (χ4n) is 4.77. The van der Waals surface area contributed by atoms with Crippen molar-refractivity contribution >= 4 is 46.5 Å². The third kappa shape index (κ3) is 4.82. The molecular weight excluding hydrogens is 463 g/mol. The molecule has 0 saturated carbocycles. The van der Waals surface area contributed by atoms with Crippen LogP contribution in [-0.4, -0.2) is 43.2 Å². The summed E-state index contributed by atoms with van der Waals surface area (Å²) >= 11 is 12.2. The molecule has 33 heavy (non-hydrogen) atoms. The summed E-state index contributed by atoms with van der Waals surface area (Å²) in [7, 11) is 0. The lowest BCUT2D eigenvalue weighted by Crippen LogP contribution is -3.13. The number of anilines is 2. The van der Waals surface area contributed by atoms with Crippen LogP contribution in [0.15, 0.2) is 42.5 Å². The molecule has 176 valence electrons. The Morgan fingerprint density at radius 2 is 2.06 bits per heavy atom. The Hall–Kier alpha value is -2.32. The van der Waals surface area contributed by atoms with E-state index in [0.717, 1.165) is 36.9 Å². The second kappa shape index (κ2) is 9.89. The molecule has 2 heterocycles. The van der Waals surface area contributed by atoms with Crippen LogP contribution in [0.25, 0.3) is 0 Å². The van der Waals surface area contributed by atoms with Gasteiger partial charge >= 0.3 is 6.03 Å². The van der Waals surface area contributed by atoms with Crippen LogP contribution in [0, 0.1) is 5.92 Å². The van der Waals surface area contributed by atoms with Crippen molar-refractivity contribution < 1.29 is 19.6 Å². The van der Waals surface area contributed by atoms with Gasteiger partial charge in [0.1, 0.15) is 0 Å². The predicted octanol–water partition coefficient (Wildman–Crippen LogP) is 3.01. The Morgan fingerprint density at radius 1 is 1.27 bits per heavy atom. The summed E-state index contributed by atoms with van der Waals surface area (Å²) in [5.41, 5.74) is -1.34. The lowest BCUT2D eigenvalue weighted by molar-refractivity contribution is -0.908. The van der Waals surface area contributed by atoms with E-state index in [2.05, 4.69) is 17.6 Å². The first kappa shape index (κ1) is 23.8. The van der Waals surface area contributed by atoms with Gasteiger partial charge in [0.15, 0.2) is 0 Å². The molecule has 9 heteroatoms. The fourth-order valence-corrected chi connectivity index (χ4v) is 5.07. The average molecular weight is 492 g/mol. The number of likely N-dealkylation sites (tertiary alicyclic amines) is 1. The highest BCUT2D eigenvalue weighted by Gasteiger charge is 2.51. The van der Waals surface area contributed by atoms with Gasteiger partial charge in [-0.05, 0) is 37.1 Å². The molecule has 3 atom stereocenters. The van der Waals surface area contributed by atoms with E-state index < -0.39 is 17.7 Å². The Labute approximate surface area is 203 Å². The molecule has 1 saturated heterocycles. The monoisotopic (exact) mass is 491 g/mol. The molecular formula is C24H29Cl2N4O3+. The molecule has 2 aliphatic rings. The number of nitrogens with one attached hydrogen (secondary N) is 3. The summed E-state index contributed by atoms with van der Waals surface area (Å²) in [5, 5.41) is 17.9. The third-order valence-electron chi connectivity index (χ3n) is 6.41. The topological polar surface area (TPSA) is 86.1 Å². The number of halogens is 2. The molecule has 7 nitrogen and oxygen atoms in total. The molecule has 0 aliphatic carbocycles. The van der Waals surface area contributed by atoms with Gasteiger partial charge in [-0.3, -0.25) is 9.69 Å². The number of carbonyl (C=O) groups is 2. The highest BCUT2D eigenvalue weighted by Crippen LogP contribution is 2.41. The Bertz CT molecular complexity index is 1050. The van der Waals surface area contributed by atoms with E-state index in [1.54, 1.807) is 35.2 Å². The van der Waals surface area contributed by atoms with Crippen molar-refractivity contribution in [1.82, 2.24) is 5.32 Å². The van der Waals surface area contributed by atoms with E-state index in [9.17, 15) is 14.7 Å². The number of para-hydroxylation sites is 1. The number of carbonyl (C=O) groups excluding carboxylic acids is 2. The number of nitrogens with zero attached hydrogens (tertiary/aromatic N) is 1. The zero-order chi connectivity index (χ0) is 23.6. The number of benzene rings is 2. The molecule has 0 spiro atoms. The maximum absolute atomic E-state index is 13.4. The quantitative estimate of drug-likeness (QED) is 0.468. The Balaban J connectivity index is 1.56. The van der Waals surface area contributed by atoms with Gasteiger partial charge in [-0.2, -0.15) is 0 Å². The van der Waals surface area contributed by atoms with Crippen LogP contribution in [0.4, 0.5) is 16.2 Å². The van der Waals surface area contributed by atoms with Gasteiger partial charge in [-0.15, -0.1) is 0 Å². The second-order valence-corrected chi connectivity index (χ2v) is 9.71. The van der Waals surface area contributed by atoms with E-state index in [-0.39, 0.29) is 16.3 Å². The van der Waals surface area contributed by atoms with Gasteiger partial charge in [0.25, 0.3) is 11.6 Å². The first-order valence-corrected chi connectivity index (χ1v) is 12.1. The van der Waals surface area contributed by atoms with Crippen LogP contribution in [0.5, 0.6) is 0 Å². The first-order chi connectivity index (χ1) is 15.8. The van der Waals surface area contributed by atoms with Crippen molar-refractivity contribution in [3.8, 4) is 0 Å². The molecule has 2 aromatic carbocycles. The number of hydrogen-bond acceptors (Lipinski definition) is 3. The summed E-state index contributed by atoms with van der Waals surface area (Å²) in [5.74, 6) is 0.0546. The average Bonchev–Trinajstić information content (AvgIpc) is 2.79. The van der Waals surface area contributed by atoms with Gasteiger partial charge in [0.2, 0.25) is 0 Å². The van der Waals surface area contributed by atoms with Crippen molar-refractivity contribution in [3.63, 3.8) is 0 Å². The standard InChI is InChI=1S/C24H28Cl2N4O3/c1-16-6-4-12-29(15-16)13-5-11-27-22(31)24(33)18-7-2-3-8-21(18)28-23(32)30(24)17-9-10-19(25)20(26)14-17/h2-3,7-10,14,16,33H,4-6,11-13,15H2,1H3,(H,27,31)(H,28,32)/p+1. The molecule has 1 fully saturated rings. The van der Waals surface area contributed by atoms with Gasteiger partial charge in [0.05, 0.1) is 41.1 Å². The predicted molar refractivity (Wildman–Crippen MR) is 130 cm³/mol. The minimum atomic E-state index is -2.25. The van der Waals surface area contributed by atoms with Crippen molar-refractivity contribution in [3.05, 3.63) is 58.1 Å². The number of hydrogen-bond donors (Lipinski definition) is 4. The van der Waals surface area contributed by atoms with E-state index >= 15 is 0 Å². The molecule has 3 unspecified atom stereocenters. The lowest BCUT2D eigenvalue weighted by Gasteiger charge is -2.42. The molecule has 3 amide bonds. The molecule has 0 aromatic heterocycles. The second-order valence-electron chi connectivity index (χ2n) is 8.89. The molecule has 4 rings (SSSR count). The largest absolute Gasteiger partial charge is 0.359 e. The fraction of sp³-hybridized carbons (Fsp3) is 0.417. The van der Waals surface area contributed by atoms with Crippen LogP contribution in [0.3, 0.4) is 0 Å². The zero-order valence-corrected chi connectivity index (χ0v) is 20.0. The number of amides is 3. The maximum Gasteiger partial charge on any atom is 0.329 e. The van der Waals surface area contributed by atoms with E-state index in [4.69, 9.17) is 23.2 Å². The number of piperidine rings is 1. The van der Waals surface area contributed by atoms with Gasteiger partial charge in [-0.25, -0.2) is 4.79 Å². The van der Waals surface area contributed by atoms with Crippen molar-refractivity contribution in [2.45, 2.75) is 31.9 Å². The van der Waals surface area contributed by atoms with Gasteiger partial charge < -0.3 is 20.6 Å². The molecule has 4 N–H and O–H groups in total. The van der Waals surface area contributed by atoms with E-state index in [1.165, 1.54) is 25.0 Å². The number of aliphatic hydroxyl groups is 1. The molecule has 0 bridgehead atoms. The molecule has 2 aromatic rings. The van der Waals surface area contributed by atoms with Gasteiger partial charge in [0, 0.05) is 24.4 Å². The number of quaternary nitrogens is 1. The Morgan fingerprint density at radius 3 is 2.82 bits per heavy atom. The summed E-state index contributed by atoms with van der Waals surface area (Å²) in [6.07, 6.45) is 3.29. The minimum absolute atomic E-state index is 0.210. The number of fused-ring (bicyclic) bond motifs is 1. The van der Waals surface area contributed by atoms with Crippen molar-refractivity contribution in [2.24, 2.45) is 5.92 Å². The lowest BCUT2D eigenvalue weighted by atomic mass is 9.94. The highest BCUT2D eigenvalue weighted by atomic mass is 35.5. The molecule has 0 radical (unpaired) electrons. The number of rotatable bonds is 6. The van der Waals surface area contributed by atoms with Crippen molar-refractivity contribution in [2.75, 3.05) is 36.4 Å². The van der Waals surface area contributed by atoms with E-state index in [1.807, 2.05) is 0 Å². The maximum atomic E-state index is 13.4. The smallest absolute Gasteiger partial charge is 0.329 e. The zero-order valence-electron chi connectivity index (χ0n) is 18.5. The summed E-state index contributed by atoms with van der Waals surface area (Å²) < 4.78 is 0. The Kier molecular flexibility index (Phi) is 7.14. The summed E-state index contributed by atoms with van der Waals surface area (Å²) in [6.45, 7) is 5.94. The normalized spacial score (nSPS) is 24.7. The molecule has 2 aliphatic heterocycles. The van der Waals surface area contributed by atoms with Crippen LogP contribution < -0.4 is 20.4 Å². The number of urea groups is 1. The highest BCUT2D eigenvalue weighted by molar-refractivity contribution is 6.42. The minimum Gasteiger partial charge on any atom is -0.359 e. The van der Waals surface area contributed by atoms with Crippen LogP contribution in [0.2, 0.25) is 10.0 Å². The van der Waals surface area contributed by atoms with E-state index in [0.29, 0.717) is 17.3 Å². The van der Waals surface area contributed by atoms with Crippen LogP contribution in [-0.2, 0) is 10.5 Å². The SMILES string of the molecule is CC1CCC[NH+](CCCNC(=O)C2(O)c3ccccc3NC(=O)N2c2ccc(Cl)c(Cl)c2)C1. The summed E-state index contributed by atoms with van der Waals surface area (Å²) in [6, 6.07) is 10.6. The van der Waals surface area contributed by atoms with Crippen LogP contribution >= 0.6 is 23.2 Å². The van der Waals surface area contributed by atoms with Crippen LogP contribution in [0.1, 0.15) is 31.7 Å².